The van der Waals surface area contributed by atoms with Gasteiger partial charge in [-0.05, 0) is 55.8 Å². The van der Waals surface area contributed by atoms with Crippen molar-refractivity contribution in [3.63, 3.8) is 0 Å². The van der Waals surface area contributed by atoms with Crippen LogP contribution in [-0.4, -0.2) is 21.4 Å². The van der Waals surface area contributed by atoms with Gasteiger partial charge in [0.25, 0.3) is 0 Å². The highest BCUT2D eigenvalue weighted by molar-refractivity contribution is 6.74. The van der Waals surface area contributed by atoms with Crippen LogP contribution in [0.5, 0.6) is 0 Å². The molecule has 0 saturated carbocycles. The van der Waals surface area contributed by atoms with Gasteiger partial charge in [0.15, 0.2) is 0 Å². The highest BCUT2D eigenvalue weighted by Crippen LogP contribution is 2.44. The van der Waals surface area contributed by atoms with Gasteiger partial charge < -0.3 is 9.16 Å². The van der Waals surface area contributed by atoms with E-state index in [0.717, 1.165) is 18.6 Å². The Hall–Kier alpha value is -1.03. The highest BCUT2D eigenvalue weighted by atomic mass is 28.4. The van der Waals surface area contributed by atoms with Crippen LogP contribution < -0.4 is 0 Å². The van der Waals surface area contributed by atoms with E-state index in [4.69, 9.17) is 9.16 Å². The quantitative estimate of drug-likeness (QED) is 0.380. The first-order valence-electron chi connectivity index (χ1n) is 8.50. The van der Waals surface area contributed by atoms with Crippen molar-refractivity contribution in [2.24, 2.45) is 11.8 Å². The normalized spacial score (nSPS) is 22.8. The maximum absolute atomic E-state index is 11.8. The van der Waals surface area contributed by atoms with Crippen LogP contribution in [0.25, 0.3) is 0 Å². The molecule has 0 N–H and O–H groups in total. The third kappa shape index (κ3) is 4.97. The summed E-state index contributed by atoms with van der Waals surface area (Å²) in [7, 11) is -0.428. The Morgan fingerprint density at radius 1 is 1.35 bits per heavy atom. The molecule has 3 nitrogen and oxygen atoms in total. The first-order chi connectivity index (χ1) is 10.4. The van der Waals surface area contributed by atoms with Crippen LogP contribution in [0, 0.1) is 11.8 Å². The lowest BCUT2D eigenvalue weighted by Gasteiger charge is -2.41. The first-order valence-corrected chi connectivity index (χ1v) is 11.4. The molecule has 0 saturated heterocycles. The van der Waals surface area contributed by atoms with Crippen LogP contribution in [-0.2, 0) is 14.0 Å². The number of carbonyl (C=O) groups excluding carboxylic acids is 1. The molecule has 1 aliphatic rings. The van der Waals surface area contributed by atoms with E-state index in [0.29, 0.717) is 12.3 Å². The van der Waals surface area contributed by atoms with Gasteiger partial charge in [0.2, 0.25) is 8.32 Å². The van der Waals surface area contributed by atoms with Gasteiger partial charge in [0.05, 0.1) is 19.3 Å². The van der Waals surface area contributed by atoms with Crippen LogP contribution in [0.4, 0.5) is 0 Å². The number of hydrogen-bond acceptors (Lipinski definition) is 3. The van der Waals surface area contributed by atoms with Crippen molar-refractivity contribution in [3.05, 3.63) is 23.5 Å². The second-order valence-corrected chi connectivity index (χ2v) is 13.2. The first kappa shape index (κ1) is 20.0. The van der Waals surface area contributed by atoms with Crippen molar-refractivity contribution in [2.75, 3.05) is 7.11 Å². The van der Waals surface area contributed by atoms with Crippen LogP contribution in [0.1, 0.15) is 53.9 Å². The van der Waals surface area contributed by atoms with Gasteiger partial charge in [-0.15, -0.1) is 0 Å². The minimum atomic E-state index is -1.88. The summed E-state index contributed by atoms with van der Waals surface area (Å²) in [5.41, 5.74) is 2.39. The molecule has 0 heterocycles. The fraction of sp³-hybridized carbons (Fsp3) is 0.737. The fourth-order valence-corrected chi connectivity index (χ4v) is 3.86. The number of esters is 1. The molecule has 1 aliphatic carbocycles. The summed E-state index contributed by atoms with van der Waals surface area (Å²) < 4.78 is 11.5. The summed E-state index contributed by atoms with van der Waals surface area (Å²) in [5.74, 6) is 1.51. The van der Waals surface area contributed by atoms with Crippen molar-refractivity contribution in [1.82, 2.24) is 0 Å². The second-order valence-electron chi connectivity index (χ2n) is 8.43. The molecule has 0 amide bonds. The van der Waals surface area contributed by atoms with E-state index in [1.165, 1.54) is 18.3 Å². The van der Waals surface area contributed by atoms with Gasteiger partial charge in [-0.1, -0.05) is 32.9 Å². The molecule has 2 atom stereocenters. The van der Waals surface area contributed by atoms with Crippen LogP contribution in [0.3, 0.4) is 0 Å². The van der Waals surface area contributed by atoms with E-state index in [2.05, 4.69) is 54.3 Å². The zero-order valence-electron chi connectivity index (χ0n) is 16.2. The lowest BCUT2D eigenvalue weighted by molar-refractivity contribution is -0.141. The number of carbonyl (C=O) groups is 1. The third-order valence-electron chi connectivity index (χ3n) is 5.58. The van der Waals surface area contributed by atoms with Gasteiger partial charge in [-0.3, -0.25) is 4.79 Å². The van der Waals surface area contributed by atoms with Crippen LogP contribution in [0.15, 0.2) is 23.5 Å². The SMILES string of the molecule is C=C(C)[C@H]1CC(O[Si](C)(C)C(C)(C)C)=C(C)[C@H](CC(=O)OC)C1. The Bertz CT molecular complexity index is 497. The summed E-state index contributed by atoms with van der Waals surface area (Å²) in [4.78, 5) is 11.8. The van der Waals surface area contributed by atoms with Gasteiger partial charge in [-0.25, -0.2) is 0 Å². The molecule has 4 heteroatoms. The molecule has 1 rings (SSSR count). The summed E-state index contributed by atoms with van der Waals surface area (Å²) in [6.07, 6.45) is 2.29. The maximum Gasteiger partial charge on any atom is 0.306 e. The smallest absolute Gasteiger partial charge is 0.306 e. The van der Waals surface area contributed by atoms with E-state index in [1.54, 1.807) is 0 Å². The standard InChI is InChI=1S/C19H34O3Si/c1-13(2)15-10-16(12-18(20)21-7)14(3)17(11-15)22-23(8,9)19(4,5)6/h15-16H,1,10-12H2,2-9H3/t15-,16+/m1/s1. The van der Waals surface area contributed by atoms with E-state index < -0.39 is 8.32 Å². The second kappa shape index (κ2) is 7.25. The molecular formula is C19H34O3Si. The predicted molar refractivity (Wildman–Crippen MR) is 98.6 cm³/mol. The van der Waals surface area contributed by atoms with Gasteiger partial charge in [-0.2, -0.15) is 0 Å². The molecule has 0 unspecified atom stereocenters. The van der Waals surface area contributed by atoms with Gasteiger partial charge in [0.1, 0.15) is 0 Å². The summed E-state index contributed by atoms with van der Waals surface area (Å²) in [6, 6.07) is 0. The molecule has 0 aromatic carbocycles. The van der Waals surface area contributed by atoms with Crippen molar-refractivity contribution in [1.29, 1.82) is 0 Å². The van der Waals surface area contributed by atoms with Crippen molar-refractivity contribution in [3.8, 4) is 0 Å². The summed E-state index contributed by atoms with van der Waals surface area (Å²) in [5, 5.41) is 0.161. The minimum Gasteiger partial charge on any atom is -0.547 e. The predicted octanol–water partition coefficient (Wildman–Crippen LogP) is 5.45. The lowest BCUT2D eigenvalue weighted by Crippen LogP contribution is -2.41. The Morgan fingerprint density at radius 3 is 2.35 bits per heavy atom. The number of ether oxygens (including phenoxy) is 1. The van der Waals surface area contributed by atoms with E-state index in [1.807, 2.05) is 0 Å². The van der Waals surface area contributed by atoms with Crippen LogP contribution >= 0.6 is 0 Å². The molecule has 0 fully saturated rings. The summed E-state index contributed by atoms with van der Waals surface area (Å²) >= 11 is 0. The van der Waals surface area contributed by atoms with Crippen molar-refractivity contribution < 1.29 is 14.0 Å². The monoisotopic (exact) mass is 338 g/mol. The minimum absolute atomic E-state index is 0.150. The summed E-state index contributed by atoms with van der Waals surface area (Å²) in [6.45, 7) is 19.6. The molecular weight excluding hydrogens is 304 g/mol. The average Bonchev–Trinajstić information content (AvgIpc) is 2.41. The van der Waals surface area contributed by atoms with Gasteiger partial charge in [0, 0.05) is 6.42 Å². The Labute approximate surface area is 143 Å². The van der Waals surface area contributed by atoms with E-state index in [-0.39, 0.29) is 16.9 Å². The van der Waals surface area contributed by atoms with E-state index in [9.17, 15) is 4.79 Å². The Kier molecular flexibility index (Phi) is 6.30. The molecule has 0 aromatic rings. The Morgan fingerprint density at radius 2 is 1.91 bits per heavy atom. The number of methoxy groups -OCH3 is 1. The van der Waals surface area contributed by atoms with Gasteiger partial charge >= 0.3 is 5.97 Å². The highest BCUT2D eigenvalue weighted by Gasteiger charge is 2.41. The lowest BCUT2D eigenvalue weighted by atomic mass is 9.76. The van der Waals surface area contributed by atoms with Crippen LogP contribution in [0.2, 0.25) is 18.1 Å². The molecule has 132 valence electrons. The molecule has 0 aromatic heterocycles. The Balaban J connectivity index is 3.11. The van der Waals surface area contributed by atoms with E-state index >= 15 is 0 Å². The topological polar surface area (TPSA) is 35.5 Å². The number of hydrogen-bond donors (Lipinski definition) is 0. The van der Waals surface area contributed by atoms with Crippen molar-refractivity contribution >= 4 is 14.3 Å². The van der Waals surface area contributed by atoms with Crippen molar-refractivity contribution in [2.45, 2.75) is 72.0 Å². The fourth-order valence-electron chi connectivity index (χ4n) is 2.70. The molecule has 0 spiro atoms. The molecule has 0 aliphatic heterocycles. The number of allylic oxidation sites excluding steroid dienone is 3. The third-order valence-corrected chi connectivity index (χ3v) is 9.94. The average molecular weight is 339 g/mol. The number of rotatable bonds is 5. The molecule has 0 bridgehead atoms. The molecule has 0 radical (unpaired) electrons. The largest absolute Gasteiger partial charge is 0.547 e. The zero-order valence-corrected chi connectivity index (χ0v) is 17.2. The maximum atomic E-state index is 11.8. The zero-order chi connectivity index (χ0) is 18.0. The molecule has 23 heavy (non-hydrogen) atoms.